The largest absolute Gasteiger partial charge is 0.385 e. The number of amides is 2. The predicted octanol–water partition coefficient (Wildman–Crippen LogP) is 4.89. The van der Waals surface area contributed by atoms with Gasteiger partial charge in [-0.2, -0.15) is 4.98 Å². The monoisotopic (exact) mass is 432 g/mol. The van der Waals surface area contributed by atoms with E-state index in [9.17, 15) is 4.79 Å². The second-order valence-corrected chi connectivity index (χ2v) is 8.08. The number of carbonyl (C=O) groups is 1. The number of hydrogen-bond donors (Lipinski definition) is 1. The molecule has 1 aliphatic rings. The molecule has 1 aromatic heterocycles. The molecule has 2 heterocycles. The van der Waals surface area contributed by atoms with Crippen molar-refractivity contribution in [2.24, 2.45) is 0 Å². The van der Waals surface area contributed by atoms with E-state index in [0.717, 1.165) is 39.9 Å². The minimum absolute atomic E-state index is 0.147. The van der Waals surface area contributed by atoms with E-state index in [4.69, 9.17) is 14.2 Å². The Morgan fingerprint density at radius 2 is 1.88 bits per heavy atom. The van der Waals surface area contributed by atoms with Gasteiger partial charge in [-0.3, -0.25) is 4.90 Å². The molecular weight excluding hydrogens is 404 g/mol. The third-order valence-corrected chi connectivity index (χ3v) is 5.67. The van der Waals surface area contributed by atoms with Gasteiger partial charge in [-0.25, -0.2) is 4.79 Å². The molecule has 32 heavy (non-hydrogen) atoms. The van der Waals surface area contributed by atoms with E-state index < -0.39 is 0 Å². The lowest BCUT2D eigenvalue weighted by atomic mass is 9.94. The first-order valence-corrected chi connectivity index (χ1v) is 10.7. The molecule has 0 aliphatic carbocycles. The highest BCUT2D eigenvalue weighted by atomic mass is 16.5. The summed E-state index contributed by atoms with van der Waals surface area (Å²) in [6.07, 6.45) is 0.724. The van der Waals surface area contributed by atoms with Gasteiger partial charge in [0.2, 0.25) is 5.82 Å². The Balaban J connectivity index is 1.77. The van der Waals surface area contributed by atoms with Crippen LogP contribution in [-0.2, 0) is 4.74 Å². The van der Waals surface area contributed by atoms with Gasteiger partial charge in [-0.1, -0.05) is 58.7 Å². The fourth-order valence-electron chi connectivity index (χ4n) is 3.94. The number of hydrogen-bond acceptors (Lipinski definition) is 5. The van der Waals surface area contributed by atoms with Crippen molar-refractivity contribution in [3.8, 4) is 11.4 Å². The van der Waals surface area contributed by atoms with Gasteiger partial charge in [0.05, 0.1) is 11.6 Å². The lowest BCUT2D eigenvalue weighted by Gasteiger charge is -2.35. The van der Waals surface area contributed by atoms with Crippen molar-refractivity contribution in [2.75, 3.05) is 20.3 Å². The average molecular weight is 433 g/mol. The van der Waals surface area contributed by atoms with Gasteiger partial charge in [0.15, 0.2) is 0 Å². The number of nitrogens with zero attached hydrogens (tertiary/aromatic N) is 3. The first kappa shape index (κ1) is 21.8. The van der Waals surface area contributed by atoms with E-state index in [1.807, 2.05) is 69.3 Å². The van der Waals surface area contributed by atoms with Gasteiger partial charge in [-0.05, 0) is 38.8 Å². The minimum Gasteiger partial charge on any atom is -0.385 e. The lowest BCUT2D eigenvalue weighted by molar-refractivity contribution is 0.174. The third kappa shape index (κ3) is 4.43. The highest BCUT2D eigenvalue weighted by Crippen LogP contribution is 2.37. The number of aromatic nitrogens is 2. The normalized spacial score (nSPS) is 16.4. The van der Waals surface area contributed by atoms with Crippen LogP contribution in [0, 0.1) is 13.8 Å². The molecule has 2 amide bonds. The van der Waals surface area contributed by atoms with E-state index in [2.05, 4.69) is 10.5 Å². The average Bonchev–Trinajstić information content (AvgIpc) is 3.26. The molecular formula is C25H28N4O3. The number of urea groups is 1. The van der Waals surface area contributed by atoms with Crippen LogP contribution in [0.25, 0.3) is 17.0 Å². The Morgan fingerprint density at radius 1 is 1.09 bits per heavy atom. The Hall–Kier alpha value is -3.45. The van der Waals surface area contributed by atoms with E-state index in [1.54, 1.807) is 12.0 Å². The van der Waals surface area contributed by atoms with Crippen molar-refractivity contribution in [2.45, 2.75) is 33.2 Å². The zero-order chi connectivity index (χ0) is 22.7. The predicted molar refractivity (Wildman–Crippen MR) is 123 cm³/mol. The molecule has 0 bridgehead atoms. The van der Waals surface area contributed by atoms with Gasteiger partial charge >= 0.3 is 6.03 Å². The summed E-state index contributed by atoms with van der Waals surface area (Å²) in [6.45, 7) is 7.10. The first-order chi connectivity index (χ1) is 15.5. The highest BCUT2D eigenvalue weighted by Gasteiger charge is 2.35. The number of nitrogens with one attached hydrogen (secondary N) is 1. The minimum atomic E-state index is -0.382. The molecule has 0 spiro atoms. The highest BCUT2D eigenvalue weighted by molar-refractivity contribution is 5.86. The van der Waals surface area contributed by atoms with Crippen LogP contribution in [0.15, 0.2) is 58.8 Å². The molecule has 0 fully saturated rings. The summed E-state index contributed by atoms with van der Waals surface area (Å²) < 4.78 is 10.9. The van der Waals surface area contributed by atoms with Gasteiger partial charge in [0.1, 0.15) is 0 Å². The quantitative estimate of drug-likeness (QED) is 0.538. The second-order valence-electron chi connectivity index (χ2n) is 8.08. The summed E-state index contributed by atoms with van der Waals surface area (Å²) in [5.74, 6) is 0.927. The number of benzene rings is 2. The fourth-order valence-corrected chi connectivity index (χ4v) is 3.94. The van der Waals surface area contributed by atoms with Crippen LogP contribution in [0.1, 0.15) is 42.0 Å². The van der Waals surface area contributed by atoms with Crippen LogP contribution in [-0.4, -0.2) is 41.3 Å². The Labute approximate surface area is 188 Å². The molecule has 0 saturated carbocycles. The molecule has 1 unspecified atom stereocenters. The van der Waals surface area contributed by atoms with E-state index in [1.165, 1.54) is 0 Å². The molecule has 1 atom stereocenters. The second kappa shape index (κ2) is 9.36. The third-order valence-electron chi connectivity index (χ3n) is 5.67. The number of carbonyl (C=O) groups excluding carboxylic acids is 1. The molecule has 1 aliphatic heterocycles. The van der Waals surface area contributed by atoms with Gasteiger partial charge < -0.3 is 14.6 Å². The summed E-state index contributed by atoms with van der Waals surface area (Å²) in [5, 5.41) is 7.35. The summed E-state index contributed by atoms with van der Waals surface area (Å²) in [4.78, 5) is 19.4. The van der Waals surface area contributed by atoms with Crippen molar-refractivity contribution in [3.05, 3.63) is 76.8 Å². The summed E-state index contributed by atoms with van der Waals surface area (Å²) in [7, 11) is 1.66. The van der Waals surface area contributed by atoms with Gasteiger partial charge in [0, 0.05) is 31.5 Å². The van der Waals surface area contributed by atoms with Crippen LogP contribution in [0.4, 0.5) is 4.79 Å². The summed E-state index contributed by atoms with van der Waals surface area (Å²) in [5.41, 5.74) is 5.73. The molecule has 7 heteroatoms. The molecule has 4 rings (SSSR count). The molecule has 0 radical (unpaired) electrons. The summed E-state index contributed by atoms with van der Waals surface area (Å²) >= 11 is 0. The zero-order valence-electron chi connectivity index (χ0n) is 18.9. The fraction of sp³-hybridized carbons (Fsp3) is 0.320. The van der Waals surface area contributed by atoms with E-state index in [-0.39, 0.29) is 12.1 Å². The SMILES string of the molecule is COCCCN1C(=O)NC(c2ccc(C)cc2)C(c2nc(-c3cccc(C)c3)no2)=C1C. The zero-order valence-corrected chi connectivity index (χ0v) is 18.9. The van der Waals surface area contributed by atoms with Crippen LogP contribution < -0.4 is 5.32 Å². The van der Waals surface area contributed by atoms with Crippen LogP contribution in [0.5, 0.6) is 0 Å². The van der Waals surface area contributed by atoms with Gasteiger partial charge in [0.25, 0.3) is 5.89 Å². The number of rotatable bonds is 7. The number of allylic oxidation sites excluding steroid dienone is 1. The van der Waals surface area contributed by atoms with E-state index >= 15 is 0 Å². The molecule has 166 valence electrons. The molecule has 1 N–H and O–H groups in total. The van der Waals surface area contributed by atoms with Crippen molar-refractivity contribution in [1.82, 2.24) is 20.4 Å². The van der Waals surface area contributed by atoms with Crippen molar-refractivity contribution in [1.29, 1.82) is 0 Å². The number of aryl methyl sites for hydroxylation is 2. The van der Waals surface area contributed by atoms with Crippen molar-refractivity contribution in [3.63, 3.8) is 0 Å². The maximum atomic E-state index is 13.0. The van der Waals surface area contributed by atoms with E-state index in [0.29, 0.717) is 24.9 Å². The standard InChI is InChI=1S/C25H28N4O3/c1-16-9-11-19(12-10-16)22-21(18(3)29(25(30)26-22)13-6-14-31-4)24-27-23(28-32-24)20-8-5-7-17(2)15-20/h5,7-12,15,22H,6,13-14H2,1-4H3,(H,26,30). The smallest absolute Gasteiger partial charge is 0.322 e. The van der Waals surface area contributed by atoms with Crippen LogP contribution in [0.3, 0.4) is 0 Å². The van der Waals surface area contributed by atoms with Crippen molar-refractivity contribution >= 4 is 11.6 Å². The molecule has 2 aromatic carbocycles. The maximum Gasteiger partial charge on any atom is 0.322 e. The van der Waals surface area contributed by atoms with Gasteiger partial charge in [-0.15, -0.1) is 0 Å². The lowest BCUT2D eigenvalue weighted by Crippen LogP contribution is -2.46. The molecule has 3 aromatic rings. The number of methoxy groups -OCH3 is 1. The molecule has 7 nitrogen and oxygen atoms in total. The van der Waals surface area contributed by atoms with Crippen molar-refractivity contribution < 1.29 is 14.1 Å². The maximum absolute atomic E-state index is 13.0. The Bertz CT molecular complexity index is 1130. The number of ether oxygens (including phenoxy) is 1. The topological polar surface area (TPSA) is 80.5 Å². The molecule has 0 saturated heterocycles. The summed E-state index contributed by atoms with van der Waals surface area (Å²) in [6, 6.07) is 15.6. The van der Waals surface area contributed by atoms with Crippen LogP contribution in [0.2, 0.25) is 0 Å². The Kier molecular flexibility index (Phi) is 6.37. The Morgan fingerprint density at radius 3 is 2.59 bits per heavy atom. The first-order valence-electron chi connectivity index (χ1n) is 10.7. The van der Waals surface area contributed by atoms with Crippen LogP contribution >= 0.6 is 0 Å².